The fraction of sp³-hybridized carbons (Fsp3) is 0.500. The van der Waals surface area contributed by atoms with Crippen LogP contribution in [0.25, 0.3) is 0 Å². The molecule has 108 valence electrons. The first-order chi connectivity index (χ1) is 9.67. The predicted octanol–water partition coefficient (Wildman–Crippen LogP) is 1.79. The Morgan fingerprint density at radius 1 is 1.40 bits per heavy atom. The van der Waals surface area contributed by atoms with Crippen molar-refractivity contribution in [2.75, 3.05) is 6.61 Å². The zero-order valence-corrected chi connectivity index (χ0v) is 12.2. The number of esters is 1. The highest BCUT2D eigenvalue weighted by molar-refractivity contribution is 5.90. The van der Waals surface area contributed by atoms with Gasteiger partial charge in [0.15, 0.2) is 0 Å². The van der Waals surface area contributed by atoms with Gasteiger partial charge in [-0.05, 0) is 13.3 Å². The number of carbonyl (C=O) groups excluding carboxylic acids is 1. The smallest absolute Gasteiger partial charge is 0.341 e. The molecule has 0 aromatic carbocycles. The normalized spacial score (nSPS) is 10.8. The van der Waals surface area contributed by atoms with Gasteiger partial charge in [-0.3, -0.25) is 4.68 Å². The Labute approximate surface area is 118 Å². The minimum absolute atomic E-state index is 0.326. The van der Waals surface area contributed by atoms with Crippen LogP contribution in [-0.4, -0.2) is 31.9 Å². The Bertz CT molecular complexity index is 586. The van der Waals surface area contributed by atoms with Crippen molar-refractivity contribution in [2.45, 2.75) is 33.2 Å². The number of aromatic nitrogens is 4. The second kappa shape index (κ2) is 6.36. The van der Waals surface area contributed by atoms with E-state index in [9.17, 15) is 4.79 Å². The first kappa shape index (κ1) is 14.3. The quantitative estimate of drug-likeness (QED) is 0.755. The lowest BCUT2D eigenvalue weighted by Crippen LogP contribution is -2.13. The van der Waals surface area contributed by atoms with Gasteiger partial charge in [0.25, 0.3) is 0 Å². The summed E-state index contributed by atoms with van der Waals surface area (Å²) in [7, 11) is 1.83. The number of carbonyl (C=O) groups is 1. The van der Waals surface area contributed by atoms with Crippen LogP contribution in [-0.2, 0) is 24.8 Å². The monoisotopic (exact) mass is 276 g/mol. The lowest BCUT2D eigenvalue weighted by atomic mass is 10.2. The van der Waals surface area contributed by atoms with Gasteiger partial charge in [0.1, 0.15) is 11.4 Å². The van der Waals surface area contributed by atoms with Crippen LogP contribution in [0, 0.1) is 0 Å². The zero-order chi connectivity index (χ0) is 14.5. The molecule has 0 aliphatic rings. The molecule has 6 nitrogen and oxygen atoms in total. The van der Waals surface area contributed by atoms with E-state index in [0.29, 0.717) is 18.7 Å². The number of rotatable bonds is 6. The molecule has 0 atom stereocenters. The second-order valence-corrected chi connectivity index (χ2v) is 4.57. The summed E-state index contributed by atoms with van der Waals surface area (Å²) in [6, 6.07) is 0. The summed E-state index contributed by atoms with van der Waals surface area (Å²) in [5, 5.41) is 4.16. The Morgan fingerprint density at radius 3 is 2.90 bits per heavy atom. The standard InChI is InChI=1S/C14H20N4O2/c1-4-6-13-15-7-8-18(13)10-12-11(9-16-17(12)3)14(19)20-5-2/h7-9H,4-6,10H2,1-3H3. The van der Waals surface area contributed by atoms with Crippen molar-refractivity contribution < 1.29 is 9.53 Å². The van der Waals surface area contributed by atoms with Crippen LogP contribution in [0.3, 0.4) is 0 Å². The maximum atomic E-state index is 11.9. The summed E-state index contributed by atoms with van der Waals surface area (Å²) in [4.78, 5) is 16.3. The number of aryl methyl sites for hydroxylation is 2. The van der Waals surface area contributed by atoms with Crippen molar-refractivity contribution in [1.82, 2.24) is 19.3 Å². The highest BCUT2D eigenvalue weighted by Crippen LogP contribution is 2.13. The van der Waals surface area contributed by atoms with Crippen molar-refractivity contribution in [3.05, 3.63) is 35.7 Å². The number of hydrogen-bond acceptors (Lipinski definition) is 4. The van der Waals surface area contributed by atoms with E-state index in [1.807, 2.05) is 17.8 Å². The molecule has 2 rings (SSSR count). The molecule has 2 heterocycles. The minimum atomic E-state index is -0.326. The number of ether oxygens (including phenoxy) is 1. The Hall–Kier alpha value is -2.11. The molecule has 0 spiro atoms. The maximum Gasteiger partial charge on any atom is 0.341 e. The molecule has 0 amide bonds. The van der Waals surface area contributed by atoms with E-state index in [1.165, 1.54) is 0 Å². The van der Waals surface area contributed by atoms with Gasteiger partial charge in [-0.25, -0.2) is 9.78 Å². The second-order valence-electron chi connectivity index (χ2n) is 4.57. The van der Waals surface area contributed by atoms with E-state index < -0.39 is 0 Å². The van der Waals surface area contributed by atoms with Crippen molar-refractivity contribution in [1.29, 1.82) is 0 Å². The predicted molar refractivity (Wildman–Crippen MR) is 74.5 cm³/mol. The van der Waals surface area contributed by atoms with Gasteiger partial charge in [-0.15, -0.1) is 0 Å². The summed E-state index contributed by atoms with van der Waals surface area (Å²) in [5.41, 5.74) is 1.35. The number of imidazole rings is 1. The summed E-state index contributed by atoms with van der Waals surface area (Å²) < 4.78 is 8.82. The molecule has 0 fully saturated rings. The lowest BCUT2D eigenvalue weighted by molar-refractivity contribution is 0.0524. The molecular weight excluding hydrogens is 256 g/mol. The van der Waals surface area contributed by atoms with Gasteiger partial charge in [0, 0.05) is 25.9 Å². The zero-order valence-electron chi connectivity index (χ0n) is 12.2. The maximum absolute atomic E-state index is 11.9. The van der Waals surface area contributed by atoms with Crippen molar-refractivity contribution in [2.24, 2.45) is 7.05 Å². The largest absolute Gasteiger partial charge is 0.462 e. The van der Waals surface area contributed by atoms with Crippen molar-refractivity contribution >= 4 is 5.97 Å². The molecule has 0 saturated heterocycles. The van der Waals surface area contributed by atoms with E-state index >= 15 is 0 Å². The number of hydrogen-bond donors (Lipinski definition) is 0. The van der Waals surface area contributed by atoms with Gasteiger partial charge in [-0.2, -0.15) is 5.10 Å². The van der Waals surface area contributed by atoms with Crippen LogP contribution in [0.4, 0.5) is 0 Å². The fourth-order valence-corrected chi connectivity index (χ4v) is 2.13. The molecule has 2 aromatic rings. The van der Waals surface area contributed by atoms with E-state index in [4.69, 9.17) is 4.74 Å². The van der Waals surface area contributed by atoms with Gasteiger partial charge in [0.05, 0.1) is 25.0 Å². The molecule has 2 aromatic heterocycles. The summed E-state index contributed by atoms with van der Waals surface area (Å²) in [5.74, 6) is 0.691. The highest BCUT2D eigenvalue weighted by atomic mass is 16.5. The van der Waals surface area contributed by atoms with Crippen LogP contribution >= 0.6 is 0 Å². The Morgan fingerprint density at radius 2 is 2.20 bits per heavy atom. The topological polar surface area (TPSA) is 61.9 Å². The molecule has 0 aliphatic heterocycles. The third kappa shape index (κ3) is 2.89. The first-order valence-corrected chi connectivity index (χ1v) is 6.85. The van der Waals surface area contributed by atoms with Gasteiger partial charge in [-0.1, -0.05) is 6.92 Å². The highest BCUT2D eigenvalue weighted by Gasteiger charge is 2.18. The van der Waals surface area contributed by atoms with Gasteiger partial charge < -0.3 is 9.30 Å². The van der Waals surface area contributed by atoms with E-state index in [-0.39, 0.29) is 5.97 Å². The minimum Gasteiger partial charge on any atom is -0.462 e. The van der Waals surface area contributed by atoms with Crippen LogP contribution < -0.4 is 0 Å². The average molecular weight is 276 g/mol. The molecule has 0 saturated carbocycles. The summed E-state index contributed by atoms with van der Waals surface area (Å²) in [6.45, 7) is 4.84. The Balaban J connectivity index is 2.26. The van der Waals surface area contributed by atoms with Crippen molar-refractivity contribution in [3.63, 3.8) is 0 Å². The molecule has 0 N–H and O–H groups in total. The van der Waals surface area contributed by atoms with E-state index in [1.54, 1.807) is 24.0 Å². The third-order valence-corrected chi connectivity index (χ3v) is 3.15. The lowest BCUT2D eigenvalue weighted by Gasteiger charge is -2.09. The van der Waals surface area contributed by atoms with Crippen LogP contribution in [0.5, 0.6) is 0 Å². The van der Waals surface area contributed by atoms with Crippen molar-refractivity contribution in [3.8, 4) is 0 Å². The molecule has 20 heavy (non-hydrogen) atoms. The molecular formula is C14H20N4O2. The summed E-state index contributed by atoms with van der Waals surface area (Å²) in [6.07, 6.45) is 7.22. The fourth-order valence-electron chi connectivity index (χ4n) is 2.13. The SMILES string of the molecule is CCCc1nccn1Cc1c(C(=O)OCC)cnn1C. The van der Waals surface area contributed by atoms with E-state index in [2.05, 4.69) is 17.0 Å². The van der Waals surface area contributed by atoms with E-state index in [0.717, 1.165) is 24.4 Å². The molecule has 0 bridgehead atoms. The van der Waals surface area contributed by atoms with Crippen LogP contribution in [0.1, 0.15) is 42.1 Å². The van der Waals surface area contributed by atoms with Gasteiger partial charge >= 0.3 is 5.97 Å². The van der Waals surface area contributed by atoms with Gasteiger partial charge in [0.2, 0.25) is 0 Å². The average Bonchev–Trinajstić information content (AvgIpc) is 3.00. The molecule has 0 radical (unpaired) electrons. The first-order valence-electron chi connectivity index (χ1n) is 6.85. The molecule has 6 heteroatoms. The molecule has 0 aliphatic carbocycles. The Kier molecular flexibility index (Phi) is 4.55. The van der Waals surface area contributed by atoms with Crippen LogP contribution in [0.15, 0.2) is 18.6 Å². The number of nitrogens with zero attached hydrogens (tertiary/aromatic N) is 4. The third-order valence-electron chi connectivity index (χ3n) is 3.15. The molecule has 0 unspecified atom stereocenters. The van der Waals surface area contributed by atoms with Crippen LogP contribution in [0.2, 0.25) is 0 Å². The summed E-state index contributed by atoms with van der Waals surface area (Å²) >= 11 is 0.